The molecule has 0 spiro atoms. The summed E-state index contributed by atoms with van der Waals surface area (Å²) in [5, 5.41) is 11.0. The van der Waals surface area contributed by atoms with Crippen LogP contribution in [0, 0.1) is 5.82 Å². The molecule has 0 bridgehead atoms. The molecule has 0 atom stereocenters. The molecule has 2 rings (SSSR count). The molecule has 1 aromatic heterocycles. The van der Waals surface area contributed by atoms with Crippen molar-refractivity contribution >= 4 is 40.0 Å². The molecular formula is C9H5FO2S2. The summed E-state index contributed by atoms with van der Waals surface area (Å²) >= 11 is 5.29. The molecule has 0 saturated carbocycles. The van der Waals surface area contributed by atoms with Gasteiger partial charge in [0.1, 0.15) is 0 Å². The van der Waals surface area contributed by atoms with Gasteiger partial charge in [0.25, 0.3) is 0 Å². The first-order valence-electron chi connectivity index (χ1n) is 3.73. The van der Waals surface area contributed by atoms with Crippen molar-refractivity contribution in [2.24, 2.45) is 0 Å². The fraction of sp³-hybridized carbons (Fsp3) is 0. The van der Waals surface area contributed by atoms with Crippen LogP contribution in [-0.4, -0.2) is 11.1 Å². The summed E-state index contributed by atoms with van der Waals surface area (Å²) in [5.41, 5.74) is -0.298. The van der Waals surface area contributed by atoms with Gasteiger partial charge in [-0.2, -0.15) is 0 Å². The summed E-state index contributed by atoms with van der Waals surface area (Å²) in [6, 6.07) is 2.83. The number of carboxylic acid groups (broad SMARTS) is 1. The summed E-state index contributed by atoms with van der Waals surface area (Å²) in [4.78, 5) is 11.3. The van der Waals surface area contributed by atoms with Crippen molar-refractivity contribution in [3.63, 3.8) is 0 Å². The number of fused-ring (bicyclic) bond motifs is 1. The van der Waals surface area contributed by atoms with Crippen LogP contribution >= 0.6 is 24.0 Å². The molecule has 0 fully saturated rings. The zero-order valence-electron chi connectivity index (χ0n) is 6.82. The number of rotatable bonds is 1. The summed E-state index contributed by atoms with van der Waals surface area (Å²) in [6.07, 6.45) is 0. The third-order valence-corrected chi connectivity index (χ3v) is 3.42. The maximum Gasteiger partial charge on any atom is 0.338 e. The lowest BCUT2D eigenvalue weighted by Gasteiger charge is -1.98. The van der Waals surface area contributed by atoms with Crippen LogP contribution in [0.4, 0.5) is 4.39 Å². The molecule has 0 radical (unpaired) electrons. The van der Waals surface area contributed by atoms with Gasteiger partial charge in [-0.15, -0.1) is 24.0 Å². The van der Waals surface area contributed by atoms with Crippen LogP contribution in [-0.2, 0) is 0 Å². The Kier molecular flexibility index (Phi) is 2.20. The highest BCUT2D eigenvalue weighted by atomic mass is 32.1. The van der Waals surface area contributed by atoms with Crippen molar-refractivity contribution in [3.8, 4) is 0 Å². The van der Waals surface area contributed by atoms with E-state index < -0.39 is 11.8 Å². The molecule has 2 nitrogen and oxygen atoms in total. The van der Waals surface area contributed by atoms with Gasteiger partial charge in [-0.25, -0.2) is 9.18 Å². The maximum absolute atomic E-state index is 13.5. The van der Waals surface area contributed by atoms with Gasteiger partial charge in [0, 0.05) is 15.7 Å². The lowest BCUT2D eigenvalue weighted by molar-refractivity contribution is 0.0692. The molecule has 0 aliphatic carbocycles. The number of carboxylic acids is 1. The predicted molar refractivity (Wildman–Crippen MR) is 56.0 cm³/mol. The molecule has 0 aliphatic heterocycles. The summed E-state index contributed by atoms with van der Waals surface area (Å²) < 4.78 is 13.9. The zero-order valence-corrected chi connectivity index (χ0v) is 8.53. The molecule has 0 aliphatic rings. The molecule has 72 valence electrons. The number of halogens is 1. The Morgan fingerprint density at radius 2 is 2.21 bits per heavy atom. The van der Waals surface area contributed by atoms with Crippen LogP contribution in [0.1, 0.15) is 10.4 Å². The average molecular weight is 228 g/mol. The molecule has 1 aromatic carbocycles. The number of carbonyl (C=O) groups is 1. The first-order valence-corrected chi connectivity index (χ1v) is 5.06. The van der Waals surface area contributed by atoms with E-state index in [-0.39, 0.29) is 5.56 Å². The van der Waals surface area contributed by atoms with Gasteiger partial charge in [-0.05, 0) is 6.07 Å². The number of hydrogen-bond donors (Lipinski definition) is 2. The largest absolute Gasteiger partial charge is 0.478 e. The normalized spacial score (nSPS) is 10.7. The van der Waals surface area contributed by atoms with Crippen molar-refractivity contribution in [2.75, 3.05) is 0 Å². The van der Waals surface area contributed by atoms with E-state index in [0.29, 0.717) is 15.0 Å². The topological polar surface area (TPSA) is 37.3 Å². The van der Waals surface area contributed by atoms with Crippen LogP contribution in [0.3, 0.4) is 0 Å². The van der Waals surface area contributed by atoms with Crippen LogP contribution in [0.5, 0.6) is 0 Å². The van der Waals surface area contributed by atoms with Gasteiger partial charge in [0.05, 0.1) is 10.3 Å². The minimum atomic E-state index is -1.25. The van der Waals surface area contributed by atoms with E-state index in [1.807, 2.05) is 0 Å². The Morgan fingerprint density at radius 3 is 2.86 bits per heavy atom. The average Bonchev–Trinajstić information content (AvgIpc) is 2.49. The SMILES string of the molecule is O=C(O)c1ccc2c(S)csc2c1F. The van der Waals surface area contributed by atoms with Crippen LogP contribution in [0.15, 0.2) is 22.4 Å². The van der Waals surface area contributed by atoms with Gasteiger partial charge in [-0.1, -0.05) is 6.07 Å². The van der Waals surface area contributed by atoms with E-state index in [1.165, 1.54) is 6.07 Å². The highest BCUT2D eigenvalue weighted by Gasteiger charge is 2.15. The fourth-order valence-corrected chi connectivity index (χ4v) is 2.51. The smallest absolute Gasteiger partial charge is 0.338 e. The van der Waals surface area contributed by atoms with Crippen molar-refractivity contribution in [1.29, 1.82) is 0 Å². The standard InChI is InChI=1S/C9H5FO2S2/c10-7-5(9(11)12)2-1-4-6(13)3-14-8(4)7/h1-3,13H,(H,11,12). The van der Waals surface area contributed by atoms with E-state index in [2.05, 4.69) is 12.6 Å². The number of thiophene rings is 1. The molecule has 0 saturated heterocycles. The monoisotopic (exact) mass is 228 g/mol. The lowest BCUT2D eigenvalue weighted by atomic mass is 10.1. The van der Waals surface area contributed by atoms with Gasteiger partial charge in [0.2, 0.25) is 0 Å². The predicted octanol–water partition coefficient (Wildman–Crippen LogP) is 3.03. The van der Waals surface area contributed by atoms with Crippen molar-refractivity contribution < 1.29 is 14.3 Å². The molecule has 14 heavy (non-hydrogen) atoms. The van der Waals surface area contributed by atoms with Crippen LogP contribution < -0.4 is 0 Å². The molecular weight excluding hydrogens is 223 g/mol. The van der Waals surface area contributed by atoms with Crippen LogP contribution in [0.2, 0.25) is 0 Å². The number of benzene rings is 1. The first-order chi connectivity index (χ1) is 6.61. The second-order valence-electron chi connectivity index (χ2n) is 2.73. The summed E-state index contributed by atoms with van der Waals surface area (Å²) in [7, 11) is 0. The third kappa shape index (κ3) is 1.29. The van der Waals surface area contributed by atoms with Gasteiger partial charge in [0.15, 0.2) is 5.82 Å². The number of thiol groups is 1. The van der Waals surface area contributed by atoms with Crippen molar-refractivity contribution in [2.45, 2.75) is 4.90 Å². The Labute approximate surface area is 88.4 Å². The Bertz CT molecular complexity index is 519. The first kappa shape index (κ1) is 9.48. The van der Waals surface area contributed by atoms with E-state index >= 15 is 0 Å². The van der Waals surface area contributed by atoms with Gasteiger partial charge < -0.3 is 5.11 Å². The molecule has 2 aromatic rings. The molecule has 5 heteroatoms. The lowest BCUT2D eigenvalue weighted by Crippen LogP contribution is -1.99. The summed E-state index contributed by atoms with van der Waals surface area (Å²) in [5.74, 6) is -1.93. The van der Waals surface area contributed by atoms with E-state index in [9.17, 15) is 9.18 Å². The number of hydrogen-bond acceptors (Lipinski definition) is 3. The molecule has 1 N–H and O–H groups in total. The van der Waals surface area contributed by atoms with Crippen molar-refractivity contribution in [1.82, 2.24) is 0 Å². The molecule has 1 heterocycles. The van der Waals surface area contributed by atoms with Gasteiger partial charge in [-0.3, -0.25) is 0 Å². The minimum absolute atomic E-state index is 0.298. The molecule has 0 unspecified atom stereocenters. The van der Waals surface area contributed by atoms with E-state index in [4.69, 9.17) is 5.11 Å². The fourth-order valence-electron chi connectivity index (χ4n) is 1.22. The second-order valence-corrected chi connectivity index (χ2v) is 4.09. The minimum Gasteiger partial charge on any atom is -0.478 e. The van der Waals surface area contributed by atoms with Gasteiger partial charge >= 0.3 is 5.97 Å². The second kappa shape index (κ2) is 3.25. The quantitative estimate of drug-likeness (QED) is 0.736. The molecule has 0 amide bonds. The third-order valence-electron chi connectivity index (χ3n) is 1.89. The maximum atomic E-state index is 13.5. The Hall–Kier alpha value is -1.07. The van der Waals surface area contributed by atoms with Crippen LogP contribution in [0.25, 0.3) is 10.1 Å². The highest BCUT2D eigenvalue weighted by Crippen LogP contribution is 2.32. The van der Waals surface area contributed by atoms with Crippen molar-refractivity contribution in [3.05, 3.63) is 28.9 Å². The van der Waals surface area contributed by atoms with E-state index in [1.54, 1.807) is 11.4 Å². The Balaban J connectivity index is 2.82. The summed E-state index contributed by atoms with van der Waals surface area (Å²) in [6.45, 7) is 0. The number of aromatic carboxylic acids is 1. The Morgan fingerprint density at radius 1 is 1.50 bits per heavy atom. The highest BCUT2D eigenvalue weighted by molar-refractivity contribution is 7.80. The zero-order chi connectivity index (χ0) is 10.3. The van der Waals surface area contributed by atoms with E-state index in [0.717, 1.165) is 11.3 Å².